The first-order valence-corrected chi connectivity index (χ1v) is 7.43. The van der Waals surface area contributed by atoms with E-state index in [1.165, 1.54) is 6.07 Å². The van der Waals surface area contributed by atoms with Gasteiger partial charge in [0.2, 0.25) is 0 Å². The fraction of sp³-hybridized carbons (Fsp3) is 0.167. The van der Waals surface area contributed by atoms with E-state index >= 15 is 0 Å². The van der Waals surface area contributed by atoms with Gasteiger partial charge in [-0.05, 0) is 22.8 Å². The fourth-order valence-electron chi connectivity index (χ4n) is 3.05. The van der Waals surface area contributed by atoms with Crippen molar-refractivity contribution in [2.75, 3.05) is 13.1 Å². The standard InChI is InChI=1S/C18H16FN3/c19-15-7-3-5-13-9-8-12-4-1-2-6-14(12)17(16(13)15)22-18-20-10-11-21-18/h1-9,17H,10-11H2,(H2,20,21,22). The number of guanidine groups is 1. The van der Waals surface area contributed by atoms with E-state index in [2.05, 4.69) is 15.6 Å². The van der Waals surface area contributed by atoms with Crippen LogP contribution >= 0.6 is 0 Å². The van der Waals surface area contributed by atoms with Crippen molar-refractivity contribution in [2.45, 2.75) is 6.04 Å². The molecule has 1 atom stereocenters. The van der Waals surface area contributed by atoms with Crippen LogP contribution in [0.4, 0.5) is 4.39 Å². The van der Waals surface area contributed by atoms with Gasteiger partial charge in [-0.2, -0.15) is 0 Å². The minimum Gasteiger partial charge on any atom is -0.355 e. The lowest BCUT2D eigenvalue weighted by atomic mass is 9.94. The second-order valence-electron chi connectivity index (χ2n) is 5.44. The average Bonchev–Trinajstić information content (AvgIpc) is 2.99. The molecule has 0 aromatic heterocycles. The van der Waals surface area contributed by atoms with Crippen molar-refractivity contribution < 1.29 is 4.39 Å². The van der Waals surface area contributed by atoms with Crippen molar-refractivity contribution in [3.05, 3.63) is 70.5 Å². The second-order valence-corrected chi connectivity index (χ2v) is 5.44. The molecule has 2 N–H and O–H groups in total. The molecule has 2 aromatic rings. The lowest BCUT2D eigenvalue weighted by Gasteiger charge is -2.23. The summed E-state index contributed by atoms with van der Waals surface area (Å²) in [4.78, 5) is 4.39. The summed E-state index contributed by atoms with van der Waals surface area (Å²) in [5, 5.41) is 6.57. The first-order chi connectivity index (χ1) is 10.8. The predicted molar refractivity (Wildman–Crippen MR) is 87.1 cm³/mol. The Hall–Kier alpha value is -2.62. The number of nitrogens with one attached hydrogen (secondary N) is 2. The Kier molecular flexibility index (Phi) is 3.15. The highest BCUT2D eigenvalue weighted by atomic mass is 19.1. The molecule has 1 heterocycles. The summed E-state index contributed by atoms with van der Waals surface area (Å²) in [6.45, 7) is 1.57. The number of fused-ring (bicyclic) bond motifs is 2. The monoisotopic (exact) mass is 293 g/mol. The topological polar surface area (TPSA) is 36.4 Å². The molecule has 22 heavy (non-hydrogen) atoms. The smallest absolute Gasteiger partial charge is 0.192 e. The van der Waals surface area contributed by atoms with Crippen molar-refractivity contribution in [1.82, 2.24) is 10.6 Å². The normalized spacial score (nSPS) is 18.8. The lowest BCUT2D eigenvalue weighted by Crippen LogP contribution is -2.37. The molecule has 2 aromatic carbocycles. The number of halogens is 1. The molecule has 4 rings (SSSR count). The van der Waals surface area contributed by atoms with Crippen LogP contribution in [0.1, 0.15) is 28.3 Å². The van der Waals surface area contributed by atoms with Crippen molar-refractivity contribution in [3.63, 3.8) is 0 Å². The average molecular weight is 293 g/mol. The summed E-state index contributed by atoms with van der Waals surface area (Å²) in [5.41, 5.74) is 3.71. The zero-order valence-corrected chi connectivity index (χ0v) is 12.0. The molecule has 1 unspecified atom stereocenters. The maximum absolute atomic E-state index is 14.5. The van der Waals surface area contributed by atoms with E-state index in [4.69, 9.17) is 0 Å². The Morgan fingerprint density at radius 3 is 2.73 bits per heavy atom. The second kappa shape index (κ2) is 5.30. The zero-order chi connectivity index (χ0) is 14.9. The number of hydrogen-bond acceptors (Lipinski definition) is 3. The molecule has 0 fully saturated rings. The van der Waals surface area contributed by atoms with Gasteiger partial charge in [0, 0.05) is 12.1 Å². The van der Waals surface area contributed by atoms with Crippen LogP contribution in [0, 0.1) is 5.82 Å². The van der Waals surface area contributed by atoms with Crippen LogP contribution in [0.25, 0.3) is 12.2 Å². The number of rotatable bonds is 1. The molecule has 0 radical (unpaired) electrons. The molecule has 2 aliphatic rings. The Balaban J connectivity index is 1.88. The van der Waals surface area contributed by atoms with E-state index in [-0.39, 0.29) is 11.9 Å². The Bertz CT molecular complexity index is 780. The molecule has 0 amide bonds. The molecular weight excluding hydrogens is 277 g/mol. The molecule has 0 spiro atoms. The fourth-order valence-corrected chi connectivity index (χ4v) is 3.05. The predicted octanol–water partition coefficient (Wildman–Crippen LogP) is 2.95. The van der Waals surface area contributed by atoms with Crippen molar-refractivity contribution in [3.8, 4) is 0 Å². The number of hydrogen-bond donors (Lipinski definition) is 2. The van der Waals surface area contributed by atoms with Gasteiger partial charge in [0.1, 0.15) is 5.82 Å². The highest BCUT2D eigenvalue weighted by Crippen LogP contribution is 2.34. The summed E-state index contributed by atoms with van der Waals surface area (Å²) >= 11 is 0. The van der Waals surface area contributed by atoms with Gasteiger partial charge in [0.25, 0.3) is 0 Å². The molecule has 0 saturated heterocycles. The first-order valence-electron chi connectivity index (χ1n) is 7.43. The third-order valence-electron chi connectivity index (χ3n) is 4.08. The molecule has 110 valence electrons. The van der Waals surface area contributed by atoms with Crippen LogP contribution < -0.4 is 10.6 Å². The van der Waals surface area contributed by atoms with E-state index in [0.29, 0.717) is 5.56 Å². The van der Waals surface area contributed by atoms with Crippen LogP contribution in [-0.4, -0.2) is 19.0 Å². The first kappa shape index (κ1) is 13.1. The van der Waals surface area contributed by atoms with Gasteiger partial charge in [-0.3, -0.25) is 4.99 Å². The van der Waals surface area contributed by atoms with Crippen LogP contribution in [-0.2, 0) is 0 Å². The minimum atomic E-state index is -0.258. The Labute approximate surface area is 128 Å². The van der Waals surface area contributed by atoms with Crippen LogP contribution in [0.3, 0.4) is 0 Å². The summed E-state index contributed by atoms with van der Waals surface area (Å²) in [6, 6.07) is 13.0. The van der Waals surface area contributed by atoms with Gasteiger partial charge in [-0.15, -0.1) is 0 Å². The number of benzene rings is 2. The van der Waals surface area contributed by atoms with Gasteiger partial charge >= 0.3 is 0 Å². The maximum Gasteiger partial charge on any atom is 0.192 e. The van der Waals surface area contributed by atoms with Crippen LogP contribution in [0.5, 0.6) is 0 Å². The lowest BCUT2D eigenvalue weighted by molar-refractivity contribution is 0.586. The van der Waals surface area contributed by atoms with E-state index in [1.54, 1.807) is 6.07 Å². The summed E-state index contributed by atoms with van der Waals surface area (Å²) in [6.07, 6.45) is 4.02. The van der Waals surface area contributed by atoms with Crippen LogP contribution in [0.2, 0.25) is 0 Å². The maximum atomic E-state index is 14.5. The largest absolute Gasteiger partial charge is 0.355 e. The van der Waals surface area contributed by atoms with Crippen molar-refractivity contribution >= 4 is 18.1 Å². The summed E-state index contributed by atoms with van der Waals surface area (Å²) < 4.78 is 14.5. The molecule has 1 aliphatic heterocycles. The highest BCUT2D eigenvalue weighted by Gasteiger charge is 2.25. The van der Waals surface area contributed by atoms with Gasteiger partial charge < -0.3 is 10.6 Å². The summed E-state index contributed by atoms with van der Waals surface area (Å²) in [7, 11) is 0. The van der Waals surface area contributed by atoms with Gasteiger partial charge in [0.05, 0.1) is 12.6 Å². The van der Waals surface area contributed by atoms with E-state index < -0.39 is 0 Å². The SMILES string of the molecule is Fc1cccc2c1C(NC1=NCCN1)c1ccccc1C=C2. The molecule has 0 bridgehead atoms. The van der Waals surface area contributed by atoms with E-state index in [9.17, 15) is 4.39 Å². The molecule has 1 aliphatic carbocycles. The van der Waals surface area contributed by atoms with Gasteiger partial charge in [-0.1, -0.05) is 48.6 Å². The van der Waals surface area contributed by atoms with E-state index in [1.807, 2.05) is 42.5 Å². The minimum absolute atomic E-state index is 0.199. The zero-order valence-electron chi connectivity index (χ0n) is 12.0. The van der Waals surface area contributed by atoms with Gasteiger partial charge in [-0.25, -0.2) is 4.39 Å². The number of aliphatic imine (C=N–C) groups is 1. The van der Waals surface area contributed by atoms with Crippen molar-refractivity contribution in [1.29, 1.82) is 0 Å². The molecule has 3 nitrogen and oxygen atoms in total. The Morgan fingerprint density at radius 1 is 1.05 bits per heavy atom. The highest BCUT2D eigenvalue weighted by molar-refractivity contribution is 5.84. The van der Waals surface area contributed by atoms with Crippen LogP contribution in [0.15, 0.2) is 47.5 Å². The number of nitrogens with zero attached hydrogens (tertiary/aromatic N) is 1. The van der Waals surface area contributed by atoms with Gasteiger partial charge in [0.15, 0.2) is 5.96 Å². The van der Waals surface area contributed by atoms with E-state index in [0.717, 1.165) is 35.7 Å². The van der Waals surface area contributed by atoms with Crippen molar-refractivity contribution in [2.24, 2.45) is 4.99 Å². The molecule has 4 heteroatoms. The third-order valence-corrected chi connectivity index (χ3v) is 4.08. The quantitative estimate of drug-likeness (QED) is 0.848. The Morgan fingerprint density at radius 2 is 1.86 bits per heavy atom. The summed E-state index contributed by atoms with van der Waals surface area (Å²) in [5.74, 6) is 0.533. The molecular formula is C18H16FN3. The third kappa shape index (κ3) is 2.17. The molecule has 0 saturated carbocycles.